The van der Waals surface area contributed by atoms with E-state index in [1.54, 1.807) is 20.1 Å². The second-order valence-corrected chi connectivity index (χ2v) is 10.2. The number of benzene rings is 1. The molecule has 0 aliphatic carbocycles. The second kappa shape index (κ2) is 14.6. The van der Waals surface area contributed by atoms with Gasteiger partial charge in [-0.15, -0.1) is 0 Å². The molecule has 2 fully saturated rings. The molecule has 2 aliphatic rings. The Kier molecular flexibility index (Phi) is 10.7. The van der Waals surface area contributed by atoms with Crippen molar-refractivity contribution < 1.29 is 33.8 Å². The number of ether oxygens (including phenoxy) is 2. The number of anilines is 1. The fourth-order valence-corrected chi connectivity index (χ4v) is 5.05. The fraction of sp³-hybridized carbons (Fsp3) is 0.517. The molecule has 13 heteroatoms. The van der Waals surface area contributed by atoms with Crippen LogP contribution >= 0.6 is 0 Å². The van der Waals surface area contributed by atoms with E-state index in [0.717, 1.165) is 18.4 Å². The van der Waals surface area contributed by atoms with E-state index in [4.69, 9.17) is 14.5 Å². The lowest BCUT2D eigenvalue weighted by atomic mass is 10.1. The molecule has 3 amide bonds. The molecule has 2 aromatic rings. The molecule has 3 heterocycles. The van der Waals surface area contributed by atoms with Crippen LogP contribution in [0.3, 0.4) is 0 Å². The van der Waals surface area contributed by atoms with Crippen molar-refractivity contribution >= 4 is 29.7 Å². The first-order chi connectivity index (χ1) is 20.3. The first-order valence-corrected chi connectivity index (χ1v) is 14.2. The number of methoxy groups -OCH3 is 1. The Morgan fingerprint density at radius 1 is 1.00 bits per heavy atom. The lowest BCUT2D eigenvalue weighted by Gasteiger charge is -2.36. The molecule has 1 aromatic carbocycles. The molecule has 42 heavy (non-hydrogen) atoms. The van der Waals surface area contributed by atoms with E-state index in [1.807, 2.05) is 30.3 Å². The van der Waals surface area contributed by atoms with Gasteiger partial charge in [0.2, 0.25) is 5.91 Å². The highest BCUT2D eigenvalue weighted by atomic mass is 16.6. The summed E-state index contributed by atoms with van der Waals surface area (Å²) in [6, 6.07) is 9.82. The number of carbonyl (C=O) groups is 4. The van der Waals surface area contributed by atoms with Gasteiger partial charge in [-0.1, -0.05) is 30.3 Å². The molecule has 1 atom stereocenters. The van der Waals surface area contributed by atoms with Crippen molar-refractivity contribution in [3.05, 3.63) is 42.1 Å². The summed E-state index contributed by atoms with van der Waals surface area (Å²) in [4.78, 5) is 64.9. The third kappa shape index (κ3) is 7.93. The molecule has 2 N–H and O–H groups in total. The van der Waals surface area contributed by atoms with Crippen LogP contribution in [0.25, 0.3) is 11.4 Å². The van der Waals surface area contributed by atoms with Gasteiger partial charge in [0.15, 0.2) is 5.82 Å². The lowest BCUT2D eigenvalue weighted by molar-refractivity contribution is -0.138. The number of piperazine rings is 1. The number of carboxylic acid groups (broad SMARTS) is 1. The molecule has 1 aromatic heterocycles. The van der Waals surface area contributed by atoms with Crippen LogP contribution in [0.4, 0.5) is 10.6 Å². The number of piperidine rings is 1. The Hall–Kier alpha value is -4.26. The average Bonchev–Trinajstić information content (AvgIpc) is 3.03. The highest BCUT2D eigenvalue weighted by molar-refractivity contribution is 5.97. The Bertz CT molecular complexity index is 1240. The number of carbonyl (C=O) groups excluding carboxylic acids is 3. The van der Waals surface area contributed by atoms with E-state index in [0.29, 0.717) is 24.7 Å². The van der Waals surface area contributed by atoms with E-state index in [9.17, 15) is 24.3 Å². The normalized spacial score (nSPS) is 16.6. The maximum Gasteiger partial charge on any atom is 0.409 e. The minimum absolute atomic E-state index is 0.0768. The second-order valence-electron chi connectivity index (χ2n) is 10.2. The SMILES string of the molecule is CCOC(=O)N1CCN(C(=O)[C@H](CCC(=O)O)NC(=O)c2cc(N3CCC(OC)CC3)nc(-c3ccccc3)n2)CC1. The topological polar surface area (TPSA) is 154 Å². The van der Waals surface area contributed by atoms with Gasteiger partial charge in [-0.25, -0.2) is 14.8 Å². The maximum atomic E-state index is 13.6. The lowest BCUT2D eigenvalue weighted by Crippen LogP contribution is -2.56. The zero-order valence-corrected chi connectivity index (χ0v) is 24.0. The average molecular weight is 583 g/mol. The third-order valence-corrected chi connectivity index (χ3v) is 7.44. The van der Waals surface area contributed by atoms with E-state index >= 15 is 0 Å². The van der Waals surface area contributed by atoms with E-state index in [2.05, 4.69) is 15.2 Å². The minimum atomic E-state index is -1.08. The number of aromatic nitrogens is 2. The highest BCUT2D eigenvalue weighted by Gasteiger charge is 2.31. The maximum absolute atomic E-state index is 13.6. The highest BCUT2D eigenvalue weighted by Crippen LogP contribution is 2.24. The first-order valence-electron chi connectivity index (χ1n) is 14.2. The summed E-state index contributed by atoms with van der Waals surface area (Å²) in [5.74, 6) is -1.13. The van der Waals surface area contributed by atoms with Gasteiger partial charge in [0.25, 0.3) is 5.91 Å². The van der Waals surface area contributed by atoms with Crippen LogP contribution in [-0.2, 0) is 19.1 Å². The van der Waals surface area contributed by atoms with Gasteiger partial charge in [-0.05, 0) is 26.2 Å². The molecule has 0 saturated carbocycles. The van der Waals surface area contributed by atoms with Crippen LogP contribution in [0.2, 0.25) is 0 Å². The van der Waals surface area contributed by atoms with Crippen molar-refractivity contribution in [1.29, 1.82) is 0 Å². The number of rotatable bonds is 10. The molecule has 0 bridgehead atoms. The summed E-state index contributed by atoms with van der Waals surface area (Å²) in [5.41, 5.74) is 0.811. The Labute approximate surface area is 244 Å². The Morgan fingerprint density at radius 3 is 2.29 bits per heavy atom. The van der Waals surface area contributed by atoms with Crippen molar-refractivity contribution in [3.63, 3.8) is 0 Å². The molecule has 2 saturated heterocycles. The minimum Gasteiger partial charge on any atom is -0.481 e. The van der Waals surface area contributed by atoms with Crippen molar-refractivity contribution in [3.8, 4) is 11.4 Å². The predicted octanol–water partition coefficient (Wildman–Crippen LogP) is 2.02. The monoisotopic (exact) mass is 582 g/mol. The molecule has 4 rings (SSSR count). The van der Waals surface area contributed by atoms with Crippen LogP contribution in [0.1, 0.15) is 43.1 Å². The molecule has 2 aliphatic heterocycles. The molecular weight excluding hydrogens is 544 g/mol. The van der Waals surface area contributed by atoms with Crippen LogP contribution < -0.4 is 10.2 Å². The third-order valence-electron chi connectivity index (χ3n) is 7.44. The largest absolute Gasteiger partial charge is 0.481 e. The molecular formula is C29H38N6O7. The molecule has 0 spiro atoms. The van der Waals surface area contributed by atoms with Crippen molar-refractivity contribution in [2.75, 3.05) is 57.9 Å². The van der Waals surface area contributed by atoms with Crippen molar-refractivity contribution in [2.45, 2.75) is 44.8 Å². The number of hydrogen-bond acceptors (Lipinski definition) is 9. The van der Waals surface area contributed by atoms with Crippen LogP contribution in [0.15, 0.2) is 36.4 Å². The summed E-state index contributed by atoms with van der Waals surface area (Å²) >= 11 is 0. The van der Waals surface area contributed by atoms with E-state index in [1.165, 1.54) is 9.80 Å². The smallest absolute Gasteiger partial charge is 0.409 e. The van der Waals surface area contributed by atoms with Gasteiger partial charge in [0, 0.05) is 64.4 Å². The molecule has 13 nitrogen and oxygen atoms in total. The molecule has 0 unspecified atom stereocenters. The van der Waals surface area contributed by atoms with Gasteiger partial charge in [0.05, 0.1) is 12.7 Å². The summed E-state index contributed by atoms with van der Waals surface area (Å²) in [7, 11) is 1.70. The summed E-state index contributed by atoms with van der Waals surface area (Å²) in [6.07, 6.45) is 0.959. The number of aliphatic carboxylic acids is 1. The predicted molar refractivity (Wildman–Crippen MR) is 153 cm³/mol. The summed E-state index contributed by atoms with van der Waals surface area (Å²) in [6.45, 7) is 4.40. The van der Waals surface area contributed by atoms with Crippen LogP contribution in [0.5, 0.6) is 0 Å². The zero-order valence-electron chi connectivity index (χ0n) is 24.0. The number of carboxylic acids is 1. The van der Waals surface area contributed by atoms with Crippen LogP contribution in [-0.4, -0.2) is 114 Å². The standard InChI is InChI=1S/C29H38N6O7/c1-3-42-29(40)35-17-15-34(16-18-35)28(39)22(9-10-25(36)37)31-27(38)23-19-24(33-13-11-21(41-2)12-14-33)32-26(30-23)20-7-5-4-6-8-20/h4-8,19,21-22H,3,9-18H2,1-2H3,(H,31,38)(H,36,37)/t22-/m0/s1. The summed E-state index contributed by atoms with van der Waals surface area (Å²) < 4.78 is 10.5. The number of amides is 3. The van der Waals surface area contributed by atoms with Crippen LogP contribution in [0, 0.1) is 0 Å². The molecule has 0 radical (unpaired) electrons. The summed E-state index contributed by atoms with van der Waals surface area (Å²) in [5, 5.41) is 12.0. The van der Waals surface area contributed by atoms with Gasteiger partial charge in [-0.2, -0.15) is 0 Å². The van der Waals surface area contributed by atoms with Gasteiger partial charge in [0.1, 0.15) is 17.6 Å². The van der Waals surface area contributed by atoms with E-state index in [-0.39, 0.29) is 57.4 Å². The molecule has 226 valence electrons. The number of hydrogen-bond donors (Lipinski definition) is 2. The van der Waals surface area contributed by atoms with Gasteiger partial charge < -0.3 is 34.6 Å². The van der Waals surface area contributed by atoms with Gasteiger partial charge >= 0.3 is 12.1 Å². The van der Waals surface area contributed by atoms with Crippen molar-refractivity contribution in [2.24, 2.45) is 0 Å². The van der Waals surface area contributed by atoms with Gasteiger partial charge in [-0.3, -0.25) is 14.4 Å². The number of nitrogens with one attached hydrogen (secondary N) is 1. The zero-order chi connectivity index (χ0) is 30.1. The van der Waals surface area contributed by atoms with E-state index < -0.39 is 29.9 Å². The first kappa shape index (κ1) is 30.7. The fourth-order valence-electron chi connectivity index (χ4n) is 5.05. The quantitative estimate of drug-likeness (QED) is 0.425. The Balaban J connectivity index is 1.54. The Morgan fingerprint density at radius 2 is 1.67 bits per heavy atom. The number of nitrogens with zero attached hydrogens (tertiary/aromatic N) is 5. The van der Waals surface area contributed by atoms with Crippen molar-refractivity contribution in [1.82, 2.24) is 25.1 Å².